The third-order valence-corrected chi connectivity index (χ3v) is 8.60. The third kappa shape index (κ3) is 4.91. The second kappa shape index (κ2) is 10.7. The minimum atomic E-state index is -0.946. The van der Waals surface area contributed by atoms with Crippen molar-refractivity contribution >= 4 is 39.5 Å². The molecule has 1 atom stereocenters. The fourth-order valence-electron chi connectivity index (χ4n) is 6.04. The molecule has 216 valence electrons. The number of carbonyl (C=O) groups is 1. The first kappa shape index (κ1) is 26.9. The molecule has 0 aliphatic carbocycles. The molecule has 2 aromatic heterocycles. The van der Waals surface area contributed by atoms with Crippen molar-refractivity contribution in [3.63, 3.8) is 0 Å². The Morgan fingerprint density at radius 3 is 2.88 bits per heavy atom. The number of nitrogens with zero attached hydrogens (tertiary/aromatic N) is 3. The van der Waals surface area contributed by atoms with E-state index >= 15 is 0 Å². The van der Waals surface area contributed by atoms with Crippen LogP contribution >= 0.6 is 11.6 Å². The van der Waals surface area contributed by atoms with Crippen LogP contribution in [0.3, 0.4) is 0 Å². The Morgan fingerprint density at radius 1 is 1.26 bits per heavy atom. The van der Waals surface area contributed by atoms with Crippen molar-refractivity contribution in [2.75, 3.05) is 13.2 Å². The molecule has 1 saturated heterocycles. The van der Waals surface area contributed by atoms with Crippen LogP contribution in [0.15, 0.2) is 48.5 Å². The highest BCUT2D eigenvalue weighted by Crippen LogP contribution is 2.34. The van der Waals surface area contributed by atoms with E-state index in [4.69, 9.17) is 26.1 Å². The van der Waals surface area contributed by atoms with E-state index in [0.717, 1.165) is 65.9 Å². The summed E-state index contributed by atoms with van der Waals surface area (Å²) in [6.45, 7) is 5.61. The summed E-state index contributed by atoms with van der Waals surface area (Å²) < 4.78 is 28.3. The predicted molar refractivity (Wildman–Crippen MR) is 158 cm³/mol. The third-order valence-electron chi connectivity index (χ3n) is 8.36. The molecule has 2 aliphatic heterocycles. The van der Waals surface area contributed by atoms with Crippen LogP contribution in [0.25, 0.3) is 21.9 Å². The van der Waals surface area contributed by atoms with Gasteiger partial charge in [0.2, 0.25) is 0 Å². The Balaban J connectivity index is 1.16. The van der Waals surface area contributed by atoms with Crippen molar-refractivity contribution in [3.05, 3.63) is 93.1 Å². The van der Waals surface area contributed by atoms with Gasteiger partial charge in [-0.3, -0.25) is 4.90 Å². The number of carboxylic acid groups (broad SMARTS) is 1. The van der Waals surface area contributed by atoms with Crippen molar-refractivity contribution in [3.8, 4) is 5.75 Å². The number of nitrogens with one attached hydrogen (secondary N) is 1. The fraction of sp³-hybridized carbons (Fsp3) is 0.312. The van der Waals surface area contributed by atoms with Gasteiger partial charge in [-0.15, -0.1) is 0 Å². The second-order valence-electron chi connectivity index (χ2n) is 11.1. The smallest absolute Gasteiger partial charge is 0.335 e. The van der Waals surface area contributed by atoms with Gasteiger partial charge in [-0.1, -0.05) is 29.8 Å². The number of ether oxygens (including phenoxy) is 2. The minimum absolute atomic E-state index is 0.0991. The molecular weight excluding hydrogens is 559 g/mol. The van der Waals surface area contributed by atoms with Crippen molar-refractivity contribution in [1.29, 1.82) is 0 Å². The van der Waals surface area contributed by atoms with Crippen LogP contribution in [-0.2, 0) is 37.4 Å². The Bertz CT molecular complexity index is 1840. The number of benzene rings is 3. The maximum Gasteiger partial charge on any atom is 0.335 e. The SMILES string of the molecule is Cc1cc(C(=O)O)cc2c1nc(CN1CCc3[nH]c4c(OCc5ccc(Cl)cc5F)cccc4c3C1)n2C[C@@H]1CCO1. The summed E-state index contributed by atoms with van der Waals surface area (Å²) >= 11 is 5.90. The number of aromatic carboxylic acids is 1. The van der Waals surface area contributed by atoms with Gasteiger partial charge < -0.3 is 24.1 Å². The number of aryl methyl sites for hydroxylation is 1. The molecule has 0 bridgehead atoms. The van der Waals surface area contributed by atoms with E-state index in [9.17, 15) is 14.3 Å². The van der Waals surface area contributed by atoms with E-state index in [-0.39, 0.29) is 24.1 Å². The Morgan fingerprint density at radius 2 is 2.12 bits per heavy atom. The lowest BCUT2D eigenvalue weighted by Crippen LogP contribution is -2.34. The summed E-state index contributed by atoms with van der Waals surface area (Å²) in [6, 6.07) is 14.0. The first-order valence-electron chi connectivity index (χ1n) is 14.1. The van der Waals surface area contributed by atoms with Crippen LogP contribution in [0.2, 0.25) is 5.02 Å². The van der Waals surface area contributed by atoms with Gasteiger partial charge >= 0.3 is 5.97 Å². The summed E-state index contributed by atoms with van der Waals surface area (Å²) in [4.78, 5) is 22.7. The van der Waals surface area contributed by atoms with Crippen LogP contribution in [0.5, 0.6) is 5.75 Å². The summed E-state index contributed by atoms with van der Waals surface area (Å²) in [5, 5.41) is 11.1. The number of aromatic nitrogens is 3. The van der Waals surface area contributed by atoms with E-state index in [0.29, 0.717) is 29.4 Å². The number of fused-ring (bicyclic) bond motifs is 4. The molecule has 0 saturated carbocycles. The van der Waals surface area contributed by atoms with Crippen LogP contribution in [0.1, 0.15) is 45.0 Å². The van der Waals surface area contributed by atoms with Crippen LogP contribution in [0, 0.1) is 12.7 Å². The van der Waals surface area contributed by atoms with Crippen molar-refractivity contribution < 1.29 is 23.8 Å². The lowest BCUT2D eigenvalue weighted by Gasteiger charge is -2.29. The second-order valence-corrected chi connectivity index (χ2v) is 11.6. The molecule has 10 heteroatoms. The van der Waals surface area contributed by atoms with Crippen molar-refractivity contribution in [1.82, 2.24) is 19.4 Å². The zero-order valence-corrected chi connectivity index (χ0v) is 23.9. The standard InChI is InChI=1S/C32H30ClFN4O4/c1-18-11-20(32(39)40)12-27-30(18)36-29(38(27)14-22-8-10-41-22)16-37-9-7-26-24(15-37)23-3-2-4-28(31(23)35-26)42-17-19-5-6-21(33)13-25(19)34/h2-6,11-13,22,35H,7-10,14-17H2,1H3,(H,39,40)/t22-/m0/s1. The average Bonchev–Trinajstić information content (AvgIpc) is 3.48. The van der Waals surface area contributed by atoms with E-state index < -0.39 is 5.97 Å². The normalized spacial score (nSPS) is 17.0. The molecule has 0 spiro atoms. The molecule has 8 nitrogen and oxygen atoms in total. The molecule has 2 N–H and O–H groups in total. The molecule has 5 aromatic rings. The van der Waals surface area contributed by atoms with Gasteiger partial charge in [0.05, 0.1) is 41.3 Å². The van der Waals surface area contributed by atoms with E-state index in [1.807, 2.05) is 19.1 Å². The number of H-pyrrole nitrogens is 1. The average molecular weight is 589 g/mol. The Hall–Kier alpha value is -3.92. The molecular formula is C32H30ClFN4O4. The van der Waals surface area contributed by atoms with Gasteiger partial charge in [-0.05, 0) is 54.8 Å². The molecule has 0 amide bonds. The zero-order valence-electron chi connectivity index (χ0n) is 23.1. The highest BCUT2D eigenvalue weighted by atomic mass is 35.5. The molecule has 42 heavy (non-hydrogen) atoms. The Kier molecular flexibility index (Phi) is 6.88. The van der Waals surface area contributed by atoms with Crippen molar-refractivity contribution in [2.45, 2.75) is 52.1 Å². The molecule has 4 heterocycles. The lowest BCUT2D eigenvalue weighted by atomic mass is 10.0. The van der Waals surface area contributed by atoms with Gasteiger partial charge in [0.15, 0.2) is 0 Å². The number of halogens is 2. The molecule has 0 unspecified atom stereocenters. The molecule has 2 aliphatic rings. The van der Waals surface area contributed by atoms with E-state index in [1.54, 1.807) is 24.3 Å². The number of rotatable bonds is 8. The maximum absolute atomic E-state index is 14.3. The maximum atomic E-state index is 14.3. The van der Waals surface area contributed by atoms with Crippen LogP contribution < -0.4 is 4.74 Å². The topological polar surface area (TPSA) is 92.6 Å². The number of imidazole rings is 1. The number of para-hydroxylation sites is 1. The molecule has 7 rings (SSSR count). The molecule has 0 radical (unpaired) electrons. The largest absolute Gasteiger partial charge is 0.487 e. The van der Waals surface area contributed by atoms with E-state index in [2.05, 4.69) is 20.5 Å². The highest BCUT2D eigenvalue weighted by molar-refractivity contribution is 6.30. The van der Waals surface area contributed by atoms with Gasteiger partial charge in [0, 0.05) is 47.8 Å². The monoisotopic (exact) mass is 588 g/mol. The molecule has 3 aromatic carbocycles. The minimum Gasteiger partial charge on any atom is -0.487 e. The summed E-state index contributed by atoms with van der Waals surface area (Å²) in [5.74, 6) is 0.248. The Labute approximate surface area is 246 Å². The zero-order chi connectivity index (χ0) is 29.0. The number of hydrogen-bond acceptors (Lipinski definition) is 5. The highest BCUT2D eigenvalue weighted by Gasteiger charge is 2.27. The predicted octanol–water partition coefficient (Wildman–Crippen LogP) is 6.24. The van der Waals surface area contributed by atoms with E-state index in [1.165, 1.54) is 17.3 Å². The summed E-state index contributed by atoms with van der Waals surface area (Å²) in [7, 11) is 0. The quantitative estimate of drug-likeness (QED) is 0.223. The first-order chi connectivity index (χ1) is 20.3. The number of hydrogen-bond donors (Lipinski definition) is 2. The van der Waals surface area contributed by atoms with Gasteiger partial charge in [0.25, 0.3) is 0 Å². The summed E-state index contributed by atoms with van der Waals surface area (Å²) in [5.41, 5.74) is 6.52. The van der Waals surface area contributed by atoms with Gasteiger partial charge in [0.1, 0.15) is 24.0 Å². The first-order valence-corrected chi connectivity index (χ1v) is 14.5. The lowest BCUT2D eigenvalue weighted by molar-refractivity contribution is -0.0592. The summed E-state index contributed by atoms with van der Waals surface area (Å²) in [6.07, 6.45) is 1.92. The van der Waals surface area contributed by atoms with Gasteiger partial charge in [-0.25, -0.2) is 14.2 Å². The number of aromatic amines is 1. The van der Waals surface area contributed by atoms with Crippen LogP contribution in [-0.4, -0.2) is 49.8 Å². The molecule has 1 fully saturated rings. The van der Waals surface area contributed by atoms with Gasteiger partial charge in [-0.2, -0.15) is 0 Å². The number of carboxylic acids is 1. The van der Waals surface area contributed by atoms with Crippen LogP contribution in [0.4, 0.5) is 4.39 Å². The fourth-order valence-corrected chi connectivity index (χ4v) is 6.20. The van der Waals surface area contributed by atoms with Crippen molar-refractivity contribution in [2.24, 2.45) is 0 Å².